The van der Waals surface area contributed by atoms with Crippen LogP contribution < -0.4 is 21.1 Å². The fourth-order valence-corrected chi connectivity index (χ4v) is 2.62. The normalized spacial score (nSPS) is 10.3. The van der Waals surface area contributed by atoms with Crippen LogP contribution >= 0.6 is 11.6 Å². The first-order valence-electron chi connectivity index (χ1n) is 8.43. The van der Waals surface area contributed by atoms with Gasteiger partial charge in [0.2, 0.25) is 5.91 Å². The maximum atomic E-state index is 12.9. The molecule has 3 aromatic rings. The van der Waals surface area contributed by atoms with Gasteiger partial charge in [0, 0.05) is 18.3 Å². The van der Waals surface area contributed by atoms with Gasteiger partial charge in [-0.1, -0.05) is 23.7 Å². The number of nitrogens with two attached hydrogens (primary N) is 1. The van der Waals surface area contributed by atoms with E-state index in [2.05, 4.69) is 15.6 Å². The molecule has 7 nitrogen and oxygen atoms in total. The summed E-state index contributed by atoms with van der Waals surface area (Å²) in [4.78, 5) is 27.8. The number of carbonyl (C=O) groups is 2. The fourth-order valence-electron chi connectivity index (χ4n) is 2.40. The summed E-state index contributed by atoms with van der Waals surface area (Å²) in [6.07, 6.45) is 1.44. The summed E-state index contributed by atoms with van der Waals surface area (Å²) in [6, 6.07) is 12.5. The number of ether oxygens (including phenoxy) is 1. The number of hydrogen-bond donors (Lipinski definition) is 3. The van der Waals surface area contributed by atoms with E-state index in [1.165, 1.54) is 42.6 Å². The SMILES string of the molecule is Nc1cc(Oc2ccc(NC(=O)NC(=O)Cc3ccc(F)cc3)c(Cl)c2)ccn1. The molecule has 2 aromatic carbocycles. The Kier molecular flexibility index (Phi) is 6.25. The van der Waals surface area contributed by atoms with Crippen molar-refractivity contribution in [1.29, 1.82) is 0 Å². The number of urea groups is 1. The number of hydrogen-bond acceptors (Lipinski definition) is 5. The quantitative estimate of drug-likeness (QED) is 0.581. The fraction of sp³-hybridized carbons (Fsp3) is 0.0500. The monoisotopic (exact) mass is 414 g/mol. The highest BCUT2D eigenvalue weighted by atomic mass is 35.5. The second-order valence-corrected chi connectivity index (χ2v) is 6.37. The maximum absolute atomic E-state index is 12.9. The number of nitrogens with one attached hydrogen (secondary N) is 2. The first-order chi connectivity index (χ1) is 13.9. The van der Waals surface area contributed by atoms with Crippen molar-refractivity contribution in [3.8, 4) is 11.5 Å². The van der Waals surface area contributed by atoms with E-state index in [4.69, 9.17) is 22.1 Å². The molecule has 0 bridgehead atoms. The zero-order chi connectivity index (χ0) is 20.8. The molecular formula is C20H16ClFN4O3. The van der Waals surface area contributed by atoms with Crippen molar-refractivity contribution in [3.05, 3.63) is 77.2 Å². The summed E-state index contributed by atoms with van der Waals surface area (Å²) in [5.41, 5.74) is 6.47. The largest absolute Gasteiger partial charge is 0.457 e. The number of pyridine rings is 1. The van der Waals surface area contributed by atoms with Crippen LogP contribution in [0.3, 0.4) is 0 Å². The summed E-state index contributed by atoms with van der Waals surface area (Å²) >= 11 is 6.17. The van der Waals surface area contributed by atoms with E-state index in [1.54, 1.807) is 18.2 Å². The van der Waals surface area contributed by atoms with Gasteiger partial charge in [-0.15, -0.1) is 0 Å². The van der Waals surface area contributed by atoms with Crippen LogP contribution in [0.2, 0.25) is 5.02 Å². The molecule has 4 N–H and O–H groups in total. The van der Waals surface area contributed by atoms with Crippen molar-refractivity contribution in [1.82, 2.24) is 10.3 Å². The van der Waals surface area contributed by atoms with Crippen LogP contribution in [0.1, 0.15) is 5.56 Å². The van der Waals surface area contributed by atoms with Gasteiger partial charge >= 0.3 is 6.03 Å². The number of rotatable bonds is 5. The lowest BCUT2D eigenvalue weighted by Crippen LogP contribution is -2.35. The van der Waals surface area contributed by atoms with Crippen molar-refractivity contribution < 1.29 is 18.7 Å². The van der Waals surface area contributed by atoms with Gasteiger partial charge in [-0.05, 0) is 35.9 Å². The minimum atomic E-state index is -0.741. The molecule has 0 atom stereocenters. The molecule has 0 aliphatic heterocycles. The molecule has 0 radical (unpaired) electrons. The Morgan fingerprint density at radius 1 is 1.07 bits per heavy atom. The number of carbonyl (C=O) groups excluding carboxylic acids is 2. The van der Waals surface area contributed by atoms with Crippen molar-refractivity contribution in [3.63, 3.8) is 0 Å². The highest BCUT2D eigenvalue weighted by Gasteiger charge is 2.11. The topological polar surface area (TPSA) is 106 Å². The van der Waals surface area contributed by atoms with E-state index in [-0.39, 0.29) is 11.4 Å². The Hall–Kier alpha value is -3.65. The van der Waals surface area contributed by atoms with Gasteiger partial charge in [0.05, 0.1) is 17.1 Å². The van der Waals surface area contributed by atoms with E-state index >= 15 is 0 Å². The number of nitrogen functional groups attached to an aromatic ring is 1. The zero-order valence-electron chi connectivity index (χ0n) is 15.0. The van der Waals surface area contributed by atoms with Gasteiger partial charge in [0.25, 0.3) is 0 Å². The third-order valence-corrected chi connectivity index (χ3v) is 4.02. The molecule has 0 fully saturated rings. The van der Waals surface area contributed by atoms with Crippen LogP contribution in [0, 0.1) is 5.82 Å². The molecule has 0 aliphatic rings. The van der Waals surface area contributed by atoms with Crippen LogP contribution in [-0.2, 0) is 11.2 Å². The second kappa shape index (κ2) is 9.03. The lowest BCUT2D eigenvalue weighted by Gasteiger charge is -2.11. The summed E-state index contributed by atoms with van der Waals surface area (Å²) in [6.45, 7) is 0. The zero-order valence-corrected chi connectivity index (χ0v) is 15.7. The Morgan fingerprint density at radius 3 is 2.48 bits per heavy atom. The predicted octanol–water partition coefficient (Wildman–Crippen LogP) is 4.14. The molecule has 3 amide bonds. The van der Waals surface area contributed by atoms with E-state index < -0.39 is 17.8 Å². The number of imide groups is 1. The number of halogens is 2. The number of nitrogens with zero attached hydrogens (tertiary/aromatic N) is 1. The van der Waals surface area contributed by atoms with Crippen LogP contribution in [0.5, 0.6) is 11.5 Å². The maximum Gasteiger partial charge on any atom is 0.325 e. The minimum Gasteiger partial charge on any atom is -0.457 e. The molecule has 1 heterocycles. The molecule has 0 spiro atoms. The van der Waals surface area contributed by atoms with Gasteiger partial charge in [-0.2, -0.15) is 0 Å². The third kappa shape index (κ3) is 5.91. The Bertz CT molecular complexity index is 1040. The van der Waals surface area contributed by atoms with Crippen molar-refractivity contribution in [2.45, 2.75) is 6.42 Å². The van der Waals surface area contributed by atoms with Crippen molar-refractivity contribution >= 4 is 35.0 Å². The lowest BCUT2D eigenvalue weighted by atomic mass is 10.1. The van der Waals surface area contributed by atoms with Gasteiger partial charge in [-0.3, -0.25) is 10.1 Å². The van der Waals surface area contributed by atoms with Gasteiger partial charge < -0.3 is 15.8 Å². The van der Waals surface area contributed by atoms with Crippen LogP contribution in [0.25, 0.3) is 0 Å². The van der Waals surface area contributed by atoms with Crippen molar-refractivity contribution in [2.24, 2.45) is 0 Å². The summed E-state index contributed by atoms with van der Waals surface area (Å²) in [5.74, 6) is 0.285. The molecular weight excluding hydrogens is 399 g/mol. The molecule has 0 aliphatic carbocycles. The number of anilines is 2. The molecule has 29 heavy (non-hydrogen) atoms. The van der Waals surface area contributed by atoms with Gasteiger partial charge in [0.15, 0.2) is 0 Å². The van der Waals surface area contributed by atoms with Crippen LogP contribution in [0.4, 0.5) is 20.7 Å². The van der Waals surface area contributed by atoms with E-state index in [0.29, 0.717) is 28.6 Å². The van der Waals surface area contributed by atoms with Crippen LogP contribution in [0.15, 0.2) is 60.8 Å². The Morgan fingerprint density at radius 2 is 1.79 bits per heavy atom. The lowest BCUT2D eigenvalue weighted by molar-refractivity contribution is -0.119. The molecule has 0 unspecified atom stereocenters. The van der Waals surface area contributed by atoms with Crippen LogP contribution in [-0.4, -0.2) is 16.9 Å². The third-order valence-electron chi connectivity index (χ3n) is 3.71. The summed E-state index contributed by atoms with van der Waals surface area (Å²) in [5, 5.41) is 4.89. The van der Waals surface area contributed by atoms with E-state index in [1.807, 2.05) is 0 Å². The van der Waals surface area contributed by atoms with Gasteiger partial charge in [0.1, 0.15) is 23.1 Å². The number of amides is 3. The summed E-state index contributed by atoms with van der Waals surface area (Å²) in [7, 11) is 0. The average molecular weight is 415 g/mol. The highest BCUT2D eigenvalue weighted by molar-refractivity contribution is 6.33. The molecule has 1 aromatic heterocycles. The Labute approximate surface area is 170 Å². The predicted molar refractivity (Wildman–Crippen MR) is 107 cm³/mol. The molecule has 0 saturated carbocycles. The average Bonchev–Trinajstić information content (AvgIpc) is 2.66. The second-order valence-electron chi connectivity index (χ2n) is 5.97. The highest BCUT2D eigenvalue weighted by Crippen LogP contribution is 2.30. The number of aromatic nitrogens is 1. The van der Waals surface area contributed by atoms with Gasteiger partial charge in [-0.25, -0.2) is 14.2 Å². The van der Waals surface area contributed by atoms with Crippen molar-refractivity contribution in [2.75, 3.05) is 11.1 Å². The first kappa shape index (κ1) is 20.1. The first-order valence-corrected chi connectivity index (χ1v) is 8.81. The summed E-state index contributed by atoms with van der Waals surface area (Å²) < 4.78 is 18.5. The standard InChI is InChI=1S/C20H16ClFN4O3/c21-16-10-14(29-15-7-8-24-18(23)11-15)5-6-17(16)25-20(28)26-19(27)9-12-1-3-13(22)4-2-12/h1-8,10-11H,9H2,(H2,23,24)(H2,25,26,27,28). The Balaban J connectivity index is 1.57. The molecule has 148 valence electrons. The van der Waals surface area contributed by atoms with E-state index in [0.717, 1.165) is 0 Å². The smallest absolute Gasteiger partial charge is 0.325 e. The molecule has 3 rings (SSSR count). The van der Waals surface area contributed by atoms with E-state index in [9.17, 15) is 14.0 Å². The minimum absolute atomic E-state index is 0.0662. The molecule has 9 heteroatoms. The number of benzene rings is 2. The molecule has 0 saturated heterocycles.